The zero-order valence-corrected chi connectivity index (χ0v) is 15.1. The highest BCUT2D eigenvalue weighted by atomic mass is 35.5. The van der Waals surface area contributed by atoms with E-state index < -0.39 is 41.8 Å². The third-order valence-corrected chi connectivity index (χ3v) is 4.35. The minimum atomic E-state index is -4.62. The van der Waals surface area contributed by atoms with Crippen LogP contribution in [0.1, 0.15) is 11.1 Å². The highest BCUT2D eigenvalue weighted by molar-refractivity contribution is 6.30. The Morgan fingerprint density at radius 2 is 1.96 bits per heavy atom. The van der Waals surface area contributed by atoms with Crippen LogP contribution in [0, 0.1) is 5.92 Å². The lowest BCUT2D eigenvalue weighted by Crippen LogP contribution is -2.32. The van der Waals surface area contributed by atoms with Crippen molar-refractivity contribution in [3.8, 4) is 5.75 Å². The Kier molecular flexibility index (Phi) is 5.79. The molecule has 0 aliphatic carbocycles. The number of hydrogen-bond acceptors (Lipinski definition) is 4. The monoisotopic (exact) mass is 413 g/mol. The van der Waals surface area contributed by atoms with Gasteiger partial charge in [-0.25, -0.2) is 0 Å². The van der Waals surface area contributed by atoms with Gasteiger partial charge in [-0.15, -0.1) is 0 Å². The summed E-state index contributed by atoms with van der Waals surface area (Å²) >= 11 is 5.92. The number of carbonyl (C=O) groups is 2. The maximum absolute atomic E-state index is 12.9. The van der Waals surface area contributed by atoms with Crippen molar-refractivity contribution in [2.75, 3.05) is 18.5 Å². The van der Waals surface area contributed by atoms with Gasteiger partial charge >= 0.3 is 12.1 Å². The van der Waals surface area contributed by atoms with Gasteiger partial charge in [0.05, 0.1) is 17.2 Å². The van der Waals surface area contributed by atoms with Crippen LogP contribution in [0.4, 0.5) is 18.9 Å². The molecule has 0 bridgehead atoms. The average Bonchev–Trinajstić information content (AvgIpc) is 2.65. The Morgan fingerprint density at radius 1 is 1.21 bits per heavy atom. The Bertz CT molecular complexity index is 901. The van der Waals surface area contributed by atoms with E-state index in [-0.39, 0.29) is 6.61 Å². The number of alkyl halides is 3. The van der Waals surface area contributed by atoms with Gasteiger partial charge in [0.15, 0.2) is 6.61 Å². The van der Waals surface area contributed by atoms with E-state index in [2.05, 4.69) is 5.32 Å². The van der Waals surface area contributed by atoms with E-state index in [0.29, 0.717) is 17.2 Å². The van der Waals surface area contributed by atoms with E-state index in [0.717, 1.165) is 17.7 Å². The summed E-state index contributed by atoms with van der Waals surface area (Å²) in [6, 6.07) is 9.59. The van der Waals surface area contributed by atoms with Crippen molar-refractivity contribution < 1.29 is 32.2 Å². The summed E-state index contributed by atoms with van der Waals surface area (Å²) in [7, 11) is 0. The van der Waals surface area contributed by atoms with Crippen molar-refractivity contribution >= 4 is 29.2 Å². The lowest BCUT2D eigenvalue weighted by Gasteiger charge is -2.24. The van der Waals surface area contributed by atoms with Crippen molar-refractivity contribution in [3.63, 3.8) is 0 Å². The molecule has 1 amide bonds. The number of hydrogen-bond donors (Lipinski definition) is 1. The van der Waals surface area contributed by atoms with Gasteiger partial charge < -0.3 is 14.8 Å². The van der Waals surface area contributed by atoms with Gasteiger partial charge in [0.1, 0.15) is 12.4 Å². The van der Waals surface area contributed by atoms with Crippen molar-refractivity contribution in [2.45, 2.75) is 12.6 Å². The highest BCUT2D eigenvalue weighted by Gasteiger charge is 2.34. The molecule has 0 spiro atoms. The fourth-order valence-corrected chi connectivity index (χ4v) is 2.99. The zero-order chi connectivity index (χ0) is 20.3. The maximum atomic E-state index is 12.9. The first-order valence-corrected chi connectivity index (χ1v) is 8.66. The van der Waals surface area contributed by atoms with E-state index in [1.165, 1.54) is 12.1 Å². The van der Waals surface area contributed by atoms with Crippen molar-refractivity contribution in [1.82, 2.24) is 0 Å². The molecule has 1 heterocycles. The summed E-state index contributed by atoms with van der Waals surface area (Å²) < 4.78 is 49.3. The van der Waals surface area contributed by atoms with Gasteiger partial charge in [0.2, 0.25) is 0 Å². The summed E-state index contributed by atoms with van der Waals surface area (Å²) in [5.41, 5.74) is -0.645. The van der Waals surface area contributed by atoms with Crippen molar-refractivity contribution in [2.24, 2.45) is 5.92 Å². The summed E-state index contributed by atoms with van der Waals surface area (Å²) in [6.45, 7) is -0.629. The standard InChI is InChI=1S/C19H15ClF3NO4/c20-13-5-6-16-11(8-13)7-12(9-27-16)18(26)28-10-17(25)24-15-4-2-1-3-14(15)19(21,22)23/h1-6,8,12H,7,9-10H2,(H,24,25)/t12-/m0/s1. The summed E-state index contributed by atoms with van der Waals surface area (Å²) in [5, 5.41) is 2.61. The second kappa shape index (κ2) is 8.10. The molecule has 9 heteroatoms. The van der Waals surface area contributed by atoms with Crippen LogP contribution in [0.25, 0.3) is 0 Å². The molecule has 148 valence electrons. The van der Waals surface area contributed by atoms with Crippen LogP contribution in [0.2, 0.25) is 5.02 Å². The van der Waals surface area contributed by atoms with E-state index in [4.69, 9.17) is 21.1 Å². The molecule has 1 atom stereocenters. The number of benzene rings is 2. The predicted octanol–water partition coefficient (Wildman–Crippen LogP) is 4.09. The molecule has 0 aromatic heterocycles. The van der Waals surface area contributed by atoms with Gasteiger partial charge in [0, 0.05) is 5.02 Å². The SMILES string of the molecule is O=C(COC(=O)[C@@H]1COc2ccc(Cl)cc2C1)Nc1ccccc1C(F)(F)F. The smallest absolute Gasteiger partial charge is 0.418 e. The normalized spacial score (nSPS) is 15.9. The van der Waals surface area contributed by atoms with Crippen LogP contribution in [0.5, 0.6) is 5.75 Å². The molecule has 5 nitrogen and oxygen atoms in total. The third-order valence-electron chi connectivity index (χ3n) is 4.11. The molecule has 0 saturated carbocycles. The van der Waals surface area contributed by atoms with E-state index in [1.807, 2.05) is 0 Å². The van der Waals surface area contributed by atoms with E-state index >= 15 is 0 Å². The molecule has 3 rings (SSSR count). The first kappa shape index (κ1) is 20.0. The number of carbonyl (C=O) groups excluding carboxylic acids is 2. The molecule has 1 aliphatic rings. The van der Waals surface area contributed by atoms with Crippen molar-refractivity contribution in [3.05, 3.63) is 58.6 Å². The molecular weight excluding hydrogens is 399 g/mol. The molecule has 0 saturated heterocycles. The second-order valence-electron chi connectivity index (χ2n) is 6.16. The second-order valence-corrected chi connectivity index (χ2v) is 6.60. The predicted molar refractivity (Wildman–Crippen MR) is 95.2 cm³/mol. The fraction of sp³-hybridized carbons (Fsp3) is 0.263. The Morgan fingerprint density at radius 3 is 2.71 bits per heavy atom. The molecule has 2 aromatic carbocycles. The largest absolute Gasteiger partial charge is 0.492 e. The van der Waals surface area contributed by atoms with Crippen LogP contribution < -0.4 is 10.1 Å². The number of fused-ring (bicyclic) bond motifs is 1. The Hall–Kier alpha value is -2.74. The van der Waals surface area contributed by atoms with Crippen LogP contribution in [-0.2, 0) is 26.9 Å². The van der Waals surface area contributed by atoms with Gasteiger partial charge in [-0.05, 0) is 42.3 Å². The zero-order valence-electron chi connectivity index (χ0n) is 14.4. The molecule has 0 unspecified atom stereocenters. The van der Waals surface area contributed by atoms with Crippen LogP contribution in [0.15, 0.2) is 42.5 Å². The van der Waals surface area contributed by atoms with E-state index in [1.54, 1.807) is 18.2 Å². The van der Waals surface area contributed by atoms with Gasteiger partial charge in [-0.2, -0.15) is 13.2 Å². The number of amides is 1. The number of anilines is 1. The Labute approximate surface area is 163 Å². The maximum Gasteiger partial charge on any atom is 0.418 e. The number of rotatable bonds is 4. The highest BCUT2D eigenvalue weighted by Crippen LogP contribution is 2.34. The number of para-hydroxylation sites is 1. The van der Waals surface area contributed by atoms with Gasteiger partial charge in [0.25, 0.3) is 5.91 Å². The number of ether oxygens (including phenoxy) is 2. The lowest BCUT2D eigenvalue weighted by atomic mass is 9.97. The number of nitrogens with one attached hydrogen (secondary N) is 1. The van der Waals surface area contributed by atoms with Gasteiger partial charge in [-0.1, -0.05) is 23.7 Å². The average molecular weight is 414 g/mol. The summed E-state index contributed by atoms with van der Waals surface area (Å²) in [6.07, 6.45) is -4.29. The fourth-order valence-electron chi connectivity index (χ4n) is 2.79. The van der Waals surface area contributed by atoms with Crippen LogP contribution in [0.3, 0.4) is 0 Å². The quantitative estimate of drug-likeness (QED) is 0.767. The molecule has 1 aliphatic heterocycles. The van der Waals surface area contributed by atoms with E-state index in [9.17, 15) is 22.8 Å². The lowest BCUT2D eigenvalue weighted by molar-refractivity contribution is -0.153. The first-order valence-electron chi connectivity index (χ1n) is 8.28. The molecular formula is C19H15ClF3NO4. The van der Waals surface area contributed by atoms with Crippen LogP contribution in [-0.4, -0.2) is 25.1 Å². The number of halogens is 4. The van der Waals surface area contributed by atoms with Gasteiger partial charge in [-0.3, -0.25) is 9.59 Å². The third kappa shape index (κ3) is 4.75. The topological polar surface area (TPSA) is 64.6 Å². The Balaban J connectivity index is 1.56. The van der Waals surface area contributed by atoms with Crippen LogP contribution >= 0.6 is 11.6 Å². The molecule has 2 aromatic rings. The number of esters is 1. The molecule has 1 N–H and O–H groups in total. The first-order chi connectivity index (χ1) is 13.2. The van der Waals surface area contributed by atoms with Crippen molar-refractivity contribution in [1.29, 1.82) is 0 Å². The molecule has 0 fully saturated rings. The minimum absolute atomic E-state index is 0.0754. The summed E-state index contributed by atoms with van der Waals surface area (Å²) in [4.78, 5) is 24.1. The minimum Gasteiger partial charge on any atom is -0.492 e. The summed E-state index contributed by atoms with van der Waals surface area (Å²) in [5.74, 6) is -1.56. The molecule has 0 radical (unpaired) electrons. The molecule has 28 heavy (non-hydrogen) atoms.